The third-order valence-corrected chi connectivity index (χ3v) is 4.17. The standard InChI is InChI=1S/C18H19ClN6O2/c1-3-24-10-15(21-16(26)11-25-9-14(19)12(2)22-25)17(23-24)18(27)20-13-7-5-4-6-8-13/h4-10H,3,11H2,1-2H3,(H,20,27)(H,21,26). The Kier molecular flexibility index (Phi) is 5.56. The van der Waals surface area contributed by atoms with Gasteiger partial charge in [0.05, 0.1) is 16.4 Å². The molecule has 27 heavy (non-hydrogen) atoms. The third-order valence-electron chi connectivity index (χ3n) is 3.80. The van der Waals surface area contributed by atoms with Crippen molar-refractivity contribution in [2.45, 2.75) is 26.9 Å². The van der Waals surface area contributed by atoms with E-state index in [2.05, 4.69) is 20.8 Å². The van der Waals surface area contributed by atoms with Gasteiger partial charge in [0.15, 0.2) is 5.69 Å². The minimum absolute atomic E-state index is 0.0232. The number of aromatic nitrogens is 4. The second-order valence-corrected chi connectivity index (χ2v) is 6.28. The van der Waals surface area contributed by atoms with Gasteiger partial charge in [0.2, 0.25) is 5.91 Å². The Morgan fingerprint density at radius 1 is 1.07 bits per heavy atom. The Morgan fingerprint density at radius 2 is 1.81 bits per heavy atom. The largest absolute Gasteiger partial charge is 0.321 e. The molecule has 3 rings (SSSR count). The minimum atomic E-state index is -0.401. The summed E-state index contributed by atoms with van der Waals surface area (Å²) >= 11 is 5.96. The number of carbonyl (C=O) groups is 2. The maximum absolute atomic E-state index is 12.6. The van der Waals surface area contributed by atoms with E-state index in [0.717, 1.165) is 0 Å². The van der Waals surface area contributed by atoms with E-state index in [9.17, 15) is 9.59 Å². The van der Waals surface area contributed by atoms with Crippen LogP contribution in [0.3, 0.4) is 0 Å². The number of halogens is 1. The average molecular weight is 387 g/mol. The van der Waals surface area contributed by atoms with Crippen molar-refractivity contribution in [3.8, 4) is 0 Å². The number of para-hydroxylation sites is 1. The molecule has 0 aliphatic heterocycles. The number of nitrogens with zero attached hydrogens (tertiary/aromatic N) is 4. The van der Waals surface area contributed by atoms with Gasteiger partial charge in [-0.25, -0.2) is 0 Å². The number of carbonyl (C=O) groups excluding carboxylic acids is 2. The van der Waals surface area contributed by atoms with Crippen molar-refractivity contribution in [2.24, 2.45) is 0 Å². The average Bonchev–Trinajstić information content (AvgIpc) is 3.18. The van der Waals surface area contributed by atoms with Crippen LogP contribution in [0, 0.1) is 6.92 Å². The molecule has 0 fully saturated rings. The SMILES string of the molecule is CCn1cc(NC(=O)Cn2cc(Cl)c(C)n2)c(C(=O)Nc2ccccc2)n1. The second-order valence-electron chi connectivity index (χ2n) is 5.88. The van der Waals surface area contributed by atoms with Gasteiger partial charge in [-0.15, -0.1) is 0 Å². The highest BCUT2D eigenvalue weighted by molar-refractivity contribution is 6.31. The smallest absolute Gasteiger partial charge is 0.278 e. The van der Waals surface area contributed by atoms with Gasteiger partial charge < -0.3 is 10.6 Å². The Bertz CT molecular complexity index is 944. The molecule has 0 spiro atoms. The van der Waals surface area contributed by atoms with Crippen LogP contribution < -0.4 is 10.6 Å². The van der Waals surface area contributed by atoms with E-state index in [1.54, 1.807) is 36.1 Å². The molecule has 2 aromatic heterocycles. The number of benzene rings is 1. The van der Waals surface area contributed by atoms with Crippen LogP contribution in [0.15, 0.2) is 42.7 Å². The molecule has 0 aliphatic carbocycles. The summed E-state index contributed by atoms with van der Waals surface area (Å²) in [5, 5.41) is 14.4. The summed E-state index contributed by atoms with van der Waals surface area (Å²) < 4.78 is 3.03. The summed E-state index contributed by atoms with van der Waals surface area (Å²) in [7, 11) is 0. The second kappa shape index (κ2) is 8.05. The molecule has 2 amide bonds. The maximum Gasteiger partial charge on any atom is 0.278 e. The van der Waals surface area contributed by atoms with E-state index < -0.39 is 5.91 Å². The number of amides is 2. The highest BCUT2D eigenvalue weighted by atomic mass is 35.5. The van der Waals surface area contributed by atoms with E-state index in [-0.39, 0.29) is 18.1 Å². The molecule has 2 N–H and O–H groups in total. The van der Waals surface area contributed by atoms with Crippen molar-refractivity contribution in [2.75, 3.05) is 10.6 Å². The molecule has 0 aliphatic rings. The van der Waals surface area contributed by atoms with Crippen molar-refractivity contribution >= 4 is 34.8 Å². The van der Waals surface area contributed by atoms with Crippen molar-refractivity contribution in [1.29, 1.82) is 0 Å². The summed E-state index contributed by atoms with van der Waals surface area (Å²) in [6, 6.07) is 9.05. The first-order chi connectivity index (χ1) is 13.0. The van der Waals surface area contributed by atoms with E-state index in [1.165, 1.54) is 4.68 Å². The van der Waals surface area contributed by atoms with Crippen molar-refractivity contribution in [3.63, 3.8) is 0 Å². The van der Waals surface area contributed by atoms with Gasteiger partial charge in [-0.1, -0.05) is 29.8 Å². The number of hydrogen-bond acceptors (Lipinski definition) is 4. The van der Waals surface area contributed by atoms with E-state index in [1.807, 2.05) is 25.1 Å². The quantitative estimate of drug-likeness (QED) is 0.681. The molecule has 0 atom stereocenters. The topological polar surface area (TPSA) is 93.8 Å². The molecule has 0 saturated heterocycles. The molecule has 8 nitrogen and oxygen atoms in total. The van der Waals surface area contributed by atoms with Crippen molar-refractivity contribution < 1.29 is 9.59 Å². The number of anilines is 2. The molecule has 0 unspecified atom stereocenters. The van der Waals surface area contributed by atoms with E-state index >= 15 is 0 Å². The highest BCUT2D eigenvalue weighted by Crippen LogP contribution is 2.17. The van der Waals surface area contributed by atoms with Crippen LogP contribution in [0.25, 0.3) is 0 Å². The Balaban J connectivity index is 1.75. The first kappa shape index (κ1) is 18.7. The number of aryl methyl sites for hydroxylation is 2. The molecule has 3 aromatic rings. The van der Waals surface area contributed by atoms with Crippen LogP contribution in [-0.2, 0) is 17.9 Å². The van der Waals surface area contributed by atoms with E-state index in [4.69, 9.17) is 11.6 Å². The van der Waals surface area contributed by atoms with Crippen LogP contribution in [-0.4, -0.2) is 31.4 Å². The molecule has 1 aromatic carbocycles. The summed E-state index contributed by atoms with van der Waals surface area (Å²) in [6.07, 6.45) is 3.20. The zero-order valence-electron chi connectivity index (χ0n) is 14.9. The van der Waals surface area contributed by atoms with Crippen LogP contribution in [0.1, 0.15) is 23.1 Å². The molecule has 140 valence electrons. The Labute approximate surface area is 161 Å². The van der Waals surface area contributed by atoms with Crippen LogP contribution in [0.5, 0.6) is 0 Å². The van der Waals surface area contributed by atoms with Crippen LogP contribution in [0.4, 0.5) is 11.4 Å². The maximum atomic E-state index is 12.6. The molecule has 0 bridgehead atoms. The predicted octanol–water partition coefficient (Wildman–Crippen LogP) is 2.95. The van der Waals surface area contributed by atoms with Crippen LogP contribution >= 0.6 is 11.6 Å². The summed E-state index contributed by atoms with van der Waals surface area (Å²) in [5.74, 6) is -0.736. The fourth-order valence-electron chi connectivity index (χ4n) is 2.47. The van der Waals surface area contributed by atoms with Gasteiger partial charge in [-0.3, -0.25) is 19.0 Å². The lowest BCUT2D eigenvalue weighted by Crippen LogP contribution is -2.21. The molecular weight excluding hydrogens is 368 g/mol. The van der Waals surface area contributed by atoms with E-state index in [0.29, 0.717) is 28.6 Å². The molecule has 0 saturated carbocycles. The number of hydrogen-bond donors (Lipinski definition) is 2. The lowest BCUT2D eigenvalue weighted by Gasteiger charge is -2.06. The summed E-state index contributed by atoms with van der Waals surface area (Å²) in [5.41, 5.74) is 1.77. The number of rotatable bonds is 6. The lowest BCUT2D eigenvalue weighted by atomic mass is 10.3. The van der Waals surface area contributed by atoms with Gasteiger partial charge in [0, 0.05) is 24.6 Å². The van der Waals surface area contributed by atoms with Gasteiger partial charge >= 0.3 is 0 Å². The van der Waals surface area contributed by atoms with Crippen molar-refractivity contribution in [1.82, 2.24) is 19.6 Å². The van der Waals surface area contributed by atoms with Gasteiger partial charge in [0.1, 0.15) is 6.54 Å². The third kappa shape index (κ3) is 4.53. The highest BCUT2D eigenvalue weighted by Gasteiger charge is 2.19. The van der Waals surface area contributed by atoms with Gasteiger partial charge in [-0.2, -0.15) is 10.2 Å². The summed E-state index contributed by atoms with van der Waals surface area (Å²) in [4.78, 5) is 24.9. The van der Waals surface area contributed by atoms with Gasteiger partial charge in [0.25, 0.3) is 5.91 Å². The fraction of sp³-hybridized carbons (Fsp3) is 0.222. The molecule has 0 radical (unpaired) electrons. The van der Waals surface area contributed by atoms with Crippen molar-refractivity contribution in [3.05, 3.63) is 59.1 Å². The lowest BCUT2D eigenvalue weighted by molar-refractivity contribution is -0.116. The Hall–Kier alpha value is -3.13. The zero-order valence-corrected chi connectivity index (χ0v) is 15.7. The summed E-state index contributed by atoms with van der Waals surface area (Å²) in [6.45, 7) is 4.19. The minimum Gasteiger partial charge on any atom is -0.321 e. The Morgan fingerprint density at radius 3 is 2.44 bits per heavy atom. The predicted molar refractivity (Wildman–Crippen MR) is 103 cm³/mol. The molecule has 2 heterocycles. The fourth-order valence-corrected chi connectivity index (χ4v) is 2.62. The normalized spacial score (nSPS) is 10.6. The molecule has 9 heteroatoms. The van der Waals surface area contributed by atoms with Gasteiger partial charge in [-0.05, 0) is 26.0 Å². The first-order valence-electron chi connectivity index (χ1n) is 8.39. The number of nitrogens with one attached hydrogen (secondary N) is 2. The van der Waals surface area contributed by atoms with Crippen LogP contribution in [0.2, 0.25) is 5.02 Å². The molecular formula is C18H19ClN6O2. The first-order valence-corrected chi connectivity index (χ1v) is 8.77. The zero-order chi connectivity index (χ0) is 19.4. The monoisotopic (exact) mass is 386 g/mol.